The molecule has 0 aliphatic heterocycles. The Morgan fingerprint density at radius 1 is 1.14 bits per heavy atom. The van der Waals surface area contributed by atoms with Crippen LogP contribution in [0.1, 0.15) is 42.9 Å². The predicted molar refractivity (Wildman–Crippen MR) is 110 cm³/mol. The van der Waals surface area contributed by atoms with Crippen LogP contribution in [0.2, 0.25) is 0 Å². The van der Waals surface area contributed by atoms with Gasteiger partial charge in [0.25, 0.3) is 5.91 Å². The minimum atomic E-state index is -0.816. The molecule has 0 radical (unpaired) electrons. The molecule has 6 heteroatoms. The second-order valence-electron chi connectivity index (χ2n) is 6.81. The van der Waals surface area contributed by atoms with Crippen molar-refractivity contribution in [1.82, 2.24) is 0 Å². The molecule has 0 fully saturated rings. The summed E-state index contributed by atoms with van der Waals surface area (Å²) < 4.78 is 10.7. The van der Waals surface area contributed by atoms with Gasteiger partial charge in [0.15, 0.2) is 11.5 Å². The third-order valence-electron chi connectivity index (χ3n) is 4.37. The highest BCUT2D eigenvalue weighted by Crippen LogP contribution is 2.29. The number of rotatable bonds is 8. The van der Waals surface area contributed by atoms with Gasteiger partial charge in [-0.15, -0.1) is 0 Å². The second-order valence-corrected chi connectivity index (χ2v) is 6.81. The van der Waals surface area contributed by atoms with E-state index >= 15 is 0 Å². The predicted octanol–water partition coefficient (Wildman–Crippen LogP) is 3.75. The lowest BCUT2D eigenvalue weighted by molar-refractivity contribution is -0.134. The van der Waals surface area contributed by atoms with Crippen molar-refractivity contribution < 1.29 is 19.1 Å². The van der Waals surface area contributed by atoms with E-state index in [0.29, 0.717) is 23.7 Å². The van der Waals surface area contributed by atoms with Gasteiger partial charge in [-0.3, -0.25) is 9.59 Å². The van der Waals surface area contributed by atoms with Crippen LogP contribution in [0.5, 0.6) is 11.5 Å². The molecule has 0 unspecified atom stereocenters. The summed E-state index contributed by atoms with van der Waals surface area (Å²) in [6, 6.07) is 14.6. The largest absolute Gasteiger partial charge is 0.493 e. The summed E-state index contributed by atoms with van der Waals surface area (Å²) in [7, 11) is 1.44. The number of benzene rings is 2. The highest BCUT2D eigenvalue weighted by Gasteiger charge is 2.12. The number of esters is 1. The van der Waals surface area contributed by atoms with Gasteiger partial charge in [0, 0.05) is 6.42 Å². The Morgan fingerprint density at radius 3 is 2.38 bits per heavy atom. The van der Waals surface area contributed by atoms with Gasteiger partial charge in [0.2, 0.25) is 0 Å². The molecule has 2 rings (SSSR count). The smallest absolute Gasteiger partial charge is 0.311 e. The SMILES string of the molecule is COc1cc(/C=C(\C#N)C(N)=O)ccc1OC(=O)CCc1ccc(C(C)C)cc1. The molecule has 2 aromatic rings. The molecule has 0 spiro atoms. The summed E-state index contributed by atoms with van der Waals surface area (Å²) in [5.74, 6) is -0.151. The number of primary amides is 1. The van der Waals surface area contributed by atoms with Crippen molar-refractivity contribution >= 4 is 18.0 Å². The topological polar surface area (TPSA) is 102 Å². The summed E-state index contributed by atoms with van der Waals surface area (Å²) in [6.45, 7) is 4.27. The fourth-order valence-corrected chi connectivity index (χ4v) is 2.67. The zero-order chi connectivity index (χ0) is 21.4. The van der Waals surface area contributed by atoms with E-state index in [2.05, 4.69) is 26.0 Å². The average Bonchev–Trinajstić information content (AvgIpc) is 2.71. The van der Waals surface area contributed by atoms with E-state index in [9.17, 15) is 9.59 Å². The molecule has 0 heterocycles. The lowest BCUT2D eigenvalue weighted by Crippen LogP contribution is -2.12. The first-order valence-electron chi connectivity index (χ1n) is 9.23. The van der Waals surface area contributed by atoms with Gasteiger partial charge >= 0.3 is 5.97 Å². The molecule has 0 atom stereocenters. The molecule has 0 bridgehead atoms. The van der Waals surface area contributed by atoms with Crippen LogP contribution in [0.15, 0.2) is 48.0 Å². The third kappa shape index (κ3) is 6.22. The Hall–Kier alpha value is -3.59. The van der Waals surface area contributed by atoms with Crippen LogP contribution in [0.4, 0.5) is 0 Å². The molecule has 0 saturated heterocycles. The first-order valence-corrected chi connectivity index (χ1v) is 9.23. The number of nitrogens with zero attached hydrogens (tertiary/aromatic N) is 1. The Kier molecular flexibility index (Phi) is 7.55. The van der Waals surface area contributed by atoms with Crippen molar-refractivity contribution in [3.63, 3.8) is 0 Å². The van der Waals surface area contributed by atoms with E-state index in [0.717, 1.165) is 5.56 Å². The van der Waals surface area contributed by atoms with E-state index in [4.69, 9.17) is 20.5 Å². The summed E-state index contributed by atoms with van der Waals surface area (Å²) in [6.07, 6.45) is 2.15. The van der Waals surface area contributed by atoms with Crippen LogP contribution >= 0.6 is 0 Å². The summed E-state index contributed by atoms with van der Waals surface area (Å²) in [5.41, 5.74) is 7.80. The molecular formula is C23H24N2O4. The Balaban J connectivity index is 2.04. The molecule has 0 aromatic heterocycles. The zero-order valence-electron chi connectivity index (χ0n) is 16.8. The van der Waals surface area contributed by atoms with Crippen molar-refractivity contribution in [2.24, 2.45) is 5.73 Å². The quantitative estimate of drug-likeness (QED) is 0.319. The van der Waals surface area contributed by atoms with Crippen molar-refractivity contribution in [2.45, 2.75) is 32.6 Å². The molecule has 150 valence electrons. The fraction of sp³-hybridized carbons (Fsp3) is 0.261. The molecule has 6 nitrogen and oxygen atoms in total. The van der Waals surface area contributed by atoms with Gasteiger partial charge in [-0.2, -0.15) is 5.26 Å². The molecule has 2 N–H and O–H groups in total. The summed E-state index contributed by atoms with van der Waals surface area (Å²) in [5, 5.41) is 8.93. The lowest BCUT2D eigenvalue weighted by Gasteiger charge is -2.10. The maximum atomic E-state index is 12.2. The number of nitrogens with two attached hydrogens (primary N) is 1. The Morgan fingerprint density at radius 2 is 1.83 bits per heavy atom. The van der Waals surface area contributed by atoms with E-state index in [1.807, 2.05) is 12.1 Å². The summed E-state index contributed by atoms with van der Waals surface area (Å²) >= 11 is 0. The van der Waals surface area contributed by atoms with Gasteiger partial charge in [-0.25, -0.2) is 0 Å². The van der Waals surface area contributed by atoms with E-state index in [1.54, 1.807) is 24.3 Å². The molecular weight excluding hydrogens is 368 g/mol. The van der Waals surface area contributed by atoms with Gasteiger partial charge in [-0.1, -0.05) is 44.2 Å². The highest BCUT2D eigenvalue weighted by molar-refractivity contribution is 6.00. The van der Waals surface area contributed by atoms with Crippen LogP contribution in [0.3, 0.4) is 0 Å². The molecule has 1 amide bonds. The molecule has 2 aromatic carbocycles. The van der Waals surface area contributed by atoms with Crippen LogP contribution in [0.25, 0.3) is 6.08 Å². The second kappa shape index (κ2) is 10.1. The van der Waals surface area contributed by atoms with E-state index < -0.39 is 5.91 Å². The fourth-order valence-electron chi connectivity index (χ4n) is 2.67. The van der Waals surface area contributed by atoms with Gasteiger partial charge in [0.05, 0.1) is 7.11 Å². The zero-order valence-corrected chi connectivity index (χ0v) is 16.8. The van der Waals surface area contributed by atoms with E-state index in [-0.39, 0.29) is 23.7 Å². The van der Waals surface area contributed by atoms with Crippen molar-refractivity contribution in [3.8, 4) is 17.6 Å². The number of carbonyl (C=O) groups excluding carboxylic acids is 2. The maximum Gasteiger partial charge on any atom is 0.311 e. The monoisotopic (exact) mass is 392 g/mol. The van der Waals surface area contributed by atoms with Gasteiger partial charge in [0.1, 0.15) is 11.6 Å². The Bertz CT molecular complexity index is 954. The first kappa shape index (κ1) is 21.7. The minimum absolute atomic E-state index is 0.180. The molecule has 0 saturated carbocycles. The molecule has 0 aliphatic carbocycles. The number of ether oxygens (including phenoxy) is 2. The number of hydrogen-bond donors (Lipinski definition) is 1. The lowest BCUT2D eigenvalue weighted by atomic mass is 10.0. The van der Waals surface area contributed by atoms with Crippen LogP contribution in [-0.2, 0) is 16.0 Å². The van der Waals surface area contributed by atoms with Crippen LogP contribution in [-0.4, -0.2) is 19.0 Å². The standard InChI is InChI=1S/C23H24N2O4/c1-15(2)18-8-4-16(5-9-18)7-11-22(26)29-20-10-6-17(13-21(20)28-3)12-19(14-24)23(25)27/h4-6,8-10,12-13,15H,7,11H2,1-3H3,(H2,25,27)/b19-12+. The number of methoxy groups -OCH3 is 1. The third-order valence-corrected chi connectivity index (χ3v) is 4.37. The van der Waals surface area contributed by atoms with Crippen molar-refractivity contribution in [2.75, 3.05) is 7.11 Å². The van der Waals surface area contributed by atoms with Crippen molar-refractivity contribution in [3.05, 3.63) is 64.7 Å². The normalized spacial score (nSPS) is 11.1. The van der Waals surface area contributed by atoms with Gasteiger partial charge < -0.3 is 15.2 Å². The van der Waals surface area contributed by atoms with Crippen LogP contribution in [0, 0.1) is 11.3 Å². The number of hydrogen-bond acceptors (Lipinski definition) is 5. The van der Waals surface area contributed by atoms with Crippen molar-refractivity contribution in [1.29, 1.82) is 5.26 Å². The minimum Gasteiger partial charge on any atom is -0.493 e. The average molecular weight is 392 g/mol. The first-order chi connectivity index (χ1) is 13.8. The Labute approximate surface area is 170 Å². The highest BCUT2D eigenvalue weighted by atomic mass is 16.6. The number of amides is 1. The van der Waals surface area contributed by atoms with Gasteiger partial charge in [-0.05, 0) is 47.2 Å². The number of aryl methyl sites for hydroxylation is 1. The molecule has 0 aliphatic rings. The number of carbonyl (C=O) groups is 2. The molecule has 29 heavy (non-hydrogen) atoms. The number of nitriles is 1. The van der Waals surface area contributed by atoms with E-state index in [1.165, 1.54) is 18.7 Å². The summed E-state index contributed by atoms with van der Waals surface area (Å²) in [4.78, 5) is 23.4. The van der Waals surface area contributed by atoms with Crippen LogP contribution < -0.4 is 15.2 Å². The maximum absolute atomic E-state index is 12.2.